The molecule has 25 heavy (non-hydrogen) atoms. The highest BCUT2D eigenvalue weighted by atomic mass is 16.6. The number of rotatable bonds is 8. The van der Waals surface area contributed by atoms with Crippen molar-refractivity contribution in [3.63, 3.8) is 0 Å². The van der Waals surface area contributed by atoms with Crippen molar-refractivity contribution in [2.75, 3.05) is 13.7 Å². The molecular weight excluding hydrogens is 324 g/mol. The normalized spacial score (nSPS) is 14.8. The fourth-order valence-corrected chi connectivity index (χ4v) is 3.19. The standard InChI is InChI=1S/C18H24N2O5/c1-19(14-7-3-2-4-8-14)18(22)11-6-12-25-17-10-5-9-16(20(23)24)15(17)13-21/h5,9-10,13-14H,2-4,6-8,11-12H2,1H3. The highest BCUT2D eigenvalue weighted by Gasteiger charge is 2.22. The number of benzene rings is 1. The lowest BCUT2D eigenvalue weighted by molar-refractivity contribution is -0.385. The zero-order chi connectivity index (χ0) is 18.2. The Kier molecular flexibility index (Phi) is 6.91. The summed E-state index contributed by atoms with van der Waals surface area (Å²) in [6.07, 6.45) is 7.00. The van der Waals surface area contributed by atoms with Gasteiger partial charge >= 0.3 is 0 Å². The second-order valence-corrected chi connectivity index (χ2v) is 6.31. The van der Waals surface area contributed by atoms with Crippen LogP contribution < -0.4 is 4.74 Å². The van der Waals surface area contributed by atoms with Gasteiger partial charge < -0.3 is 9.64 Å². The van der Waals surface area contributed by atoms with Crippen molar-refractivity contribution in [3.05, 3.63) is 33.9 Å². The van der Waals surface area contributed by atoms with Crippen molar-refractivity contribution in [2.24, 2.45) is 0 Å². The van der Waals surface area contributed by atoms with Gasteiger partial charge in [-0.25, -0.2) is 0 Å². The molecule has 0 radical (unpaired) electrons. The van der Waals surface area contributed by atoms with E-state index in [1.807, 2.05) is 11.9 Å². The van der Waals surface area contributed by atoms with Crippen molar-refractivity contribution in [1.29, 1.82) is 0 Å². The number of nitro groups is 1. The number of nitro benzene ring substituents is 1. The Labute approximate surface area is 147 Å². The molecule has 1 aromatic carbocycles. The van der Waals surface area contributed by atoms with Crippen LogP contribution in [0.3, 0.4) is 0 Å². The lowest BCUT2D eigenvalue weighted by atomic mass is 9.94. The average molecular weight is 348 g/mol. The molecule has 0 spiro atoms. The van der Waals surface area contributed by atoms with E-state index in [0.29, 0.717) is 25.2 Å². The maximum absolute atomic E-state index is 12.2. The van der Waals surface area contributed by atoms with E-state index >= 15 is 0 Å². The minimum absolute atomic E-state index is 0.0712. The van der Waals surface area contributed by atoms with Crippen LogP contribution in [0.25, 0.3) is 0 Å². The highest BCUT2D eigenvalue weighted by Crippen LogP contribution is 2.26. The molecule has 1 aliphatic rings. The molecule has 2 rings (SSSR count). The maximum Gasteiger partial charge on any atom is 0.283 e. The molecule has 0 aliphatic heterocycles. The zero-order valence-corrected chi connectivity index (χ0v) is 14.5. The summed E-state index contributed by atoms with van der Waals surface area (Å²) < 4.78 is 5.49. The van der Waals surface area contributed by atoms with Gasteiger partial charge in [-0.15, -0.1) is 0 Å². The molecule has 0 N–H and O–H groups in total. The molecular formula is C18H24N2O5. The summed E-state index contributed by atoms with van der Waals surface area (Å²) in [6, 6.07) is 4.59. The molecule has 1 aromatic rings. The van der Waals surface area contributed by atoms with Crippen molar-refractivity contribution < 1.29 is 19.2 Å². The first-order chi connectivity index (χ1) is 12.0. The van der Waals surface area contributed by atoms with Gasteiger partial charge in [-0.05, 0) is 25.3 Å². The lowest BCUT2D eigenvalue weighted by Crippen LogP contribution is -2.38. The van der Waals surface area contributed by atoms with E-state index in [1.165, 1.54) is 37.5 Å². The summed E-state index contributed by atoms with van der Waals surface area (Å²) in [7, 11) is 1.85. The Balaban J connectivity index is 1.83. The molecule has 1 fully saturated rings. The topological polar surface area (TPSA) is 89.8 Å². The smallest absolute Gasteiger partial charge is 0.283 e. The zero-order valence-electron chi connectivity index (χ0n) is 14.5. The van der Waals surface area contributed by atoms with Gasteiger partial charge in [-0.1, -0.05) is 25.3 Å². The van der Waals surface area contributed by atoms with Crippen LogP contribution in [0.2, 0.25) is 0 Å². The van der Waals surface area contributed by atoms with E-state index in [0.717, 1.165) is 12.8 Å². The molecule has 7 nitrogen and oxygen atoms in total. The van der Waals surface area contributed by atoms with Crippen LogP contribution in [0, 0.1) is 10.1 Å². The lowest BCUT2D eigenvalue weighted by Gasteiger charge is -2.31. The first-order valence-corrected chi connectivity index (χ1v) is 8.65. The van der Waals surface area contributed by atoms with Crippen LogP contribution in [0.5, 0.6) is 5.75 Å². The first kappa shape index (κ1) is 18.9. The average Bonchev–Trinajstić information content (AvgIpc) is 2.64. The summed E-state index contributed by atoms with van der Waals surface area (Å²) in [6.45, 7) is 0.228. The van der Waals surface area contributed by atoms with Crippen LogP contribution in [0.1, 0.15) is 55.3 Å². The maximum atomic E-state index is 12.2. The van der Waals surface area contributed by atoms with Crippen molar-refractivity contribution in [3.8, 4) is 5.75 Å². The van der Waals surface area contributed by atoms with Crippen LogP contribution in [0.4, 0.5) is 5.69 Å². The summed E-state index contributed by atoms with van der Waals surface area (Å²) >= 11 is 0. The summed E-state index contributed by atoms with van der Waals surface area (Å²) in [5, 5.41) is 10.9. The molecule has 0 saturated heterocycles. The van der Waals surface area contributed by atoms with Crippen LogP contribution in [0.15, 0.2) is 18.2 Å². The van der Waals surface area contributed by atoms with E-state index in [2.05, 4.69) is 0 Å². The Bertz CT molecular complexity index is 626. The highest BCUT2D eigenvalue weighted by molar-refractivity contribution is 5.85. The largest absolute Gasteiger partial charge is 0.493 e. The molecule has 136 valence electrons. The monoisotopic (exact) mass is 348 g/mol. The molecule has 1 saturated carbocycles. The predicted molar refractivity (Wildman–Crippen MR) is 92.9 cm³/mol. The van der Waals surface area contributed by atoms with E-state index in [1.54, 1.807) is 0 Å². The minimum Gasteiger partial charge on any atom is -0.493 e. The molecule has 0 unspecified atom stereocenters. The number of carbonyl (C=O) groups excluding carboxylic acids is 2. The van der Waals surface area contributed by atoms with Crippen LogP contribution in [-0.4, -0.2) is 41.7 Å². The fourth-order valence-electron chi connectivity index (χ4n) is 3.19. The Morgan fingerprint density at radius 3 is 2.72 bits per heavy atom. The van der Waals surface area contributed by atoms with Crippen molar-refractivity contribution in [2.45, 2.75) is 51.0 Å². The van der Waals surface area contributed by atoms with Gasteiger partial charge in [0.1, 0.15) is 11.3 Å². The number of aldehydes is 1. The van der Waals surface area contributed by atoms with Crippen LogP contribution in [-0.2, 0) is 4.79 Å². The van der Waals surface area contributed by atoms with Gasteiger partial charge in [0, 0.05) is 25.6 Å². The van der Waals surface area contributed by atoms with Crippen LogP contribution >= 0.6 is 0 Å². The number of ether oxygens (including phenoxy) is 1. The summed E-state index contributed by atoms with van der Waals surface area (Å²) in [5.41, 5.74) is -0.348. The first-order valence-electron chi connectivity index (χ1n) is 8.65. The molecule has 1 aliphatic carbocycles. The summed E-state index contributed by atoms with van der Waals surface area (Å²) in [5.74, 6) is 0.266. The van der Waals surface area contributed by atoms with E-state index in [4.69, 9.17) is 4.74 Å². The molecule has 0 heterocycles. The minimum atomic E-state index is -0.612. The second kappa shape index (κ2) is 9.15. The van der Waals surface area contributed by atoms with Gasteiger partial charge in [-0.3, -0.25) is 19.7 Å². The van der Waals surface area contributed by atoms with Gasteiger partial charge in [-0.2, -0.15) is 0 Å². The predicted octanol–water partition coefficient (Wildman–Crippen LogP) is 3.36. The molecule has 0 aromatic heterocycles. The third-order valence-corrected chi connectivity index (χ3v) is 4.67. The Morgan fingerprint density at radius 1 is 1.36 bits per heavy atom. The van der Waals surface area contributed by atoms with Crippen molar-refractivity contribution in [1.82, 2.24) is 4.90 Å². The third kappa shape index (κ3) is 5.01. The third-order valence-electron chi connectivity index (χ3n) is 4.67. The van der Waals surface area contributed by atoms with Gasteiger partial charge in [0.25, 0.3) is 5.69 Å². The number of nitrogens with zero attached hydrogens (tertiary/aromatic N) is 2. The SMILES string of the molecule is CN(C(=O)CCCOc1cccc([N+](=O)[O-])c1C=O)C1CCCCC1. The number of amides is 1. The number of hydrogen-bond acceptors (Lipinski definition) is 5. The van der Waals surface area contributed by atoms with Crippen molar-refractivity contribution >= 4 is 17.9 Å². The molecule has 0 bridgehead atoms. The van der Waals surface area contributed by atoms with E-state index in [9.17, 15) is 19.7 Å². The fraction of sp³-hybridized carbons (Fsp3) is 0.556. The Hall–Kier alpha value is -2.44. The molecule has 1 amide bonds. The molecule has 0 atom stereocenters. The number of carbonyl (C=O) groups is 2. The Morgan fingerprint density at radius 2 is 2.08 bits per heavy atom. The van der Waals surface area contributed by atoms with E-state index in [-0.39, 0.29) is 29.5 Å². The number of hydrogen-bond donors (Lipinski definition) is 0. The van der Waals surface area contributed by atoms with Gasteiger partial charge in [0.05, 0.1) is 11.5 Å². The molecule has 7 heteroatoms. The van der Waals surface area contributed by atoms with E-state index < -0.39 is 4.92 Å². The van der Waals surface area contributed by atoms with Gasteiger partial charge in [0.2, 0.25) is 5.91 Å². The van der Waals surface area contributed by atoms with Gasteiger partial charge in [0.15, 0.2) is 6.29 Å². The second-order valence-electron chi connectivity index (χ2n) is 6.31. The quantitative estimate of drug-likeness (QED) is 0.311. The summed E-state index contributed by atoms with van der Waals surface area (Å²) in [4.78, 5) is 35.5.